The van der Waals surface area contributed by atoms with Crippen LogP contribution in [-0.4, -0.2) is 25.7 Å². The number of ketones is 1. The van der Waals surface area contributed by atoms with Gasteiger partial charge in [-0.2, -0.15) is 0 Å². The summed E-state index contributed by atoms with van der Waals surface area (Å²) in [5, 5.41) is 3.26. The highest BCUT2D eigenvalue weighted by Crippen LogP contribution is 2.31. The maximum absolute atomic E-state index is 14.4. The lowest BCUT2D eigenvalue weighted by molar-refractivity contribution is 0.103. The lowest BCUT2D eigenvalue weighted by Gasteiger charge is -2.08. The Morgan fingerprint density at radius 3 is 2.43 bits per heavy atom. The van der Waals surface area contributed by atoms with Crippen molar-refractivity contribution >= 4 is 49.9 Å². The van der Waals surface area contributed by atoms with E-state index in [1.165, 1.54) is 42.5 Å². The molecule has 0 bridgehead atoms. The maximum Gasteiger partial charge on any atom is 0.240 e. The molecular weight excluding hydrogens is 518 g/mol. The number of sulfonamides is 1. The highest BCUT2D eigenvalue weighted by Gasteiger charge is 2.23. The number of hydrogen-bond donors (Lipinski definition) is 3. The van der Waals surface area contributed by atoms with Crippen LogP contribution in [0.5, 0.6) is 0 Å². The number of aromatic nitrogens is 1. The van der Waals surface area contributed by atoms with Crippen LogP contribution in [0, 0.1) is 11.6 Å². The second kappa shape index (κ2) is 11.0. The molecule has 0 aliphatic carbocycles. The second-order valence-electron chi connectivity index (χ2n) is 7.89. The normalized spacial score (nSPS) is 11.3. The van der Waals surface area contributed by atoms with Crippen molar-refractivity contribution in [3.63, 3.8) is 0 Å². The van der Waals surface area contributed by atoms with E-state index < -0.39 is 21.6 Å². The number of carbonyl (C=O) groups is 1. The zero-order valence-electron chi connectivity index (χ0n) is 19.4. The summed E-state index contributed by atoms with van der Waals surface area (Å²) in [5.74, 6) is -1.70. The number of nitrogen functional groups attached to an aromatic ring is 1. The van der Waals surface area contributed by atoms with Crippen LogP contribution in [0.3, 0.4) is 0 Å². The fourth-order valence-corrected chi connectivity index (χ4v) is 5.40. The van der Waals surface area contributed by atoms with E-state index in [9.17, 15) is 22.0 Å². The summed E-state index contributed by atoms with van der Waals surface area (Å²) in [6.45, 7) is 3.77. The van der Waals surface area contributed by atoms with Crippen LogP contribution in [0.1, 0.15) is 26.4 Å². The van der Waals surface area contributed by atoms with Gasteiger partial charge in [0.2, 0.25) is 15.8 Å². The summed E-state index contributed by atoms with van der Waals surface area (Å²) in [5.41, 5.74) is 7.46. The van der Waals surface area contributed by atoms with Crippen LogP contribution in [0.25, 0.3) is 6.08 Å². The Bertz CT molecular complexity index is 1550. The molecule has 0 spiro atoms. The quantitative estimate of drug-likeness (QED) is 0.240. The van der Waals surface area contributed by atoms with Crippen molar-refractivity contribution in [2.24, 2.45) is 0 Å². The highest BCUT2D eigenvalue weighted by molar-refractivity contribution is 7.89. The van der Waals surface area contributed by atoms with E-state index >= 15 is 0 Å². The van der Waals surface area contributed by atoms with E-state index in [-0.39, 0.29) is 38.6 Å². The van der Waals surface area contributed by atoms with Gasteiger partial charge in [-0.1, -0.05) is 48.3 Å². The van der Waals surface area contributed by atoms with Crippen LogP contribution < -0.4 is 15.8 Å². The smallest absolute Gasteiger partial charge is 0.240 e. The molecule has 4 aromatic rings. The average molecular weight is 541 g/mol. The Morgan fingerprint density at radius 2 is 1.76 bits per heavy atom. The Hall–Kier alpha value is -3.93. The summed E-state index contributed by atoms with van der Waals surface area (Å²) in [6.07, 6.45) is 1.80. The first-order chi connectivity index (χ1) is 17.7. The van der Waals surface area contributed by atoms with Gasteiger partial charge in [0.15, 0.2) is 5.13 Å². The monoisotopic (exact) mass is 540 g/mol. The summed E-state index contributed by atoms with van der Waals surface area (Å²) in [4.78, 5) is 17.2. The van der Waals surface area contributed by atoms with E-state index in [0.717, 1.165) is 16.9 Å². The first-order valence-corrected chi connectivity index (χ1v) is 13.3. The number of anilines is 3. The van der Waals surface area contributed by atoms with Crippen LogP contribution >= 0.6 is 11.3 Å². The molecular formula is C26H22F2N4O3S2. The van der Waals surface area contributed by atoms with Gasteiger partial charge in [-0.05, 0) is 60.0 Å². The van der Waals surface area contributed by atoms with Crippen molar-refractivity contribution in [3.05, 3.63) is 107 Å². The molecule has 0 unspecified atom stereocenters. The van der Waals surface area contributed by atoms with Gasteiger partial charge < -0.3 is 11.1 Å². The van der Waals surface area contributed by atoms with Gasteiger partial charge in [0.05, 0.1) is 10.5 Å². The minimum absolute atomic E-state index is 0.0553. The molecule has 7 nitrogen and oxygen atoms in total. The van der Waals surface area contributed by atoms with Gasteiger partial charge in [-0.3, -0.25) is 4.79 Å². The van der Waals surface area contributed by atoms with Crippen LogP contribution in [-0.2, 0) is 16.4 Å². The summed E-state index contributed by atoms with van der Waals surface area (Å²) in [6, 6.07) is 16.0. The molecule has 190 valence electrons. The zero-order valence-corrected chi connectivity index (χ0v) is 21.0. The molecule has 0 saturated heterocycles. The minimum Gasteiger partial charge on any atom is -0.382 e. The van der Waals surface area contributed by atoms with E-state index in [0.29, 0.717) is 17.7 Å². The van der Waals surface area contributed by atoms with Crippen molar-refractivity contribution < 1.29 is 22.0 Å². The van der Waals surface area contributed by atoms with Crippen molar-refractivity contribution in [1.29, 1.82) is 0 Å². The Balaban J connectivity index is 1.43. The number of hydrogen-bond acceptors (Lipinski definition) is 7. The van der Waals surface area contributed by atoms with Crippen molar-refractivity contribution in [1.82, 2.24) is 9.71 Å². The van der Waals surface area contributed by atoms with Gasteiger partial charge in [-0.15, -0.1) is 0 Å². The first-order valence-electron chi connectivity index (χ1n) is 11.0. The summed E-state index contributed by atoms with van der Waals surface area (Å²) >= 11 is 0.953. The zero-order chi connectivity index (χ0) is 26.6. The lowest BCUT2D eigenvalue weighted by atomic mass is 10.0. The van der Waals surface area contributed by atoms with Gasteiger partial charge in [0.1, 0.15) is 22.3 Å². The largest absolute Gasteiger partial charge is 0.382 e. The third kappa shape index (κ3) is 6.08. The molecule has 3 aromatic carbocycles. The number of nitrogens with one attached hydrogen (secondary N) is 2. The predicted octanol–water partition coefficient (Wildman–Crippen LogP) is 5.14. The summed E-state index contributed by atoms with van der Waals surface area (Å²) < 4.78 is 55.1. The second-order valence-corrected chi connectivity index (χ2v) is 10.7. The molecule has 37 heavy (non-hydrogen) atoms. The van der Waals surface area contributed by atoms with Crippen molar-refractivity contribution in [2.45, 2.75) is 11.3 Å². The Morgan fingerprint density at radius 1 is 1.05 bits per heavy atom. The molecule has 0 aliphatic heterocycles. The lowest BCUT2D eigenvalue weighted by Crippen LogP contribution is -2.26. The van der Waals surface area contributed by atoms with E-state index in [1.54, 1.807) is 30.3 Å². The molecule has 1 aromatic heterocycles. The summed E-state index contributed by atoms with van der Waals surface area (Å²) in [7, 11) is -3.76. The Labute approximate surface area is 216 Å². The fraction of sp³-hybridized carbons (Fsp3) is 0.0769. The fourth-order valence-electron chi connectivity index (χ4n) is 3.52. The topological polar surface area (TPSA) is 114 Å². The maximum atomic E-state index is 14.4. The molecule has 0 fully saturated rings. The van der Waals surface area contributed by atoms with E-state index in [2.05, 4.69) is 21.6 Å². The third-order valence-electron chi connectivity index (χ3n) is 5.39. The average Bonchev–Trinajstić information content (AvgIpc) is 3.24. The molecule has 0 amide bonds. The van der Waals surface area contributed by atoms with Crippen LogP contribution in [0.2, 0.25) is 0 Å². The third-order valence-corrected chi connectivity index (χ3v) is 7.85. The number of rotatable bonds is 10. The molecule has 4 N–H and O–H groups in total. The molecule has 4 rings (SSSR count). The number of halogens is 2. The predicted molar refractivity (Wildman–Crippen MR) is 141 cm³/mol. The number of carbonyl (C=O) groups excluding carboxylic acids is 1. The number of nitrogens with zero attached hydrogens (tertiary/aromatic N) is 1. The first kappa shape index (κ1) is 26.1. The van der Waals surface area contributed by atoms with Gasteiger partial charge in [0.25, 0.3) is 0 Å². The van der Waals surface area contributed by atoms with E-state index in [4.69, 9.17) is 5.73 Å². The molecule has 0 atom stereocenters. The SMILES string of the molecule is C=Cc1cccc(F)c1C(=O)c1sc(Nc2ccc(S(=O)(=O)NCCc3ccc(F)cc3)cc2)nc1N. The van der Waals surface area contributed by atoms with Crippen LogP contribution in [0.4, 0.5) is 25.4 Å². The highest BCUT2D eigenvalue weighted by atomic mass is 32.2. The molecule has 0 saturated carbocycles. The van der Waals surface area contributed by atoms with Gasteiger partial charge in [-0.25, -0.2) is 26.9 Å². The van der Waals surface area contributed by atoms with Gasteiger partial charge in [0, 0.05) is 12.2 Å². The van der Waals surface area contributed by atoms with Crippen molar-refractivity contribution in [3.8, 4) is 0 Å². The van der Waals surface area contributed by atoms with E-state index in [1.807, 2.05) is 0 Å². The number of thiazole rings is 1. The number of benzene rings is 3. The molecule has 0 aliphatic rings. The Kier molecular flexibility index (Phi) is 7.77. The molecule has 1 heterocycles. The number of nitrogens with two attached hydrogens (primary N) is 1. The van der Waals surface area contributed by atoms with Gasteiger partial charge >= 0.3 is 0 Å². The molecule has 11 heteroatoms. The minimum atomic E-state index is -3.76. The molecule has 0 radical (unpaired) electrons. The standard InChI is InChI=1S/C26H22F2N4O3S2/c1-2-17-4-3-5-21(28)22(17)23(33)24-25(29)32-26(36-24)31-19-10-12-20(13-11-19)37(34,35)30-15-14-16-6-8-18(27)9-7-16/h2-13,30H,1,14-15,29H2,(H,31,32). The van der Waals surface area contributed by atoms with Crippen molar-refractivity contribution in [2.75, 3.05) is 17.6 Å². The van der Waals surface area contributed by atoms with Crippen LogP contribution in [0.15, 0.2) is 78.2 Å².